The molecule has 0 saturated carbocycles. The molecule has 16 heavy (non-hydrogen) atoms. The fraction of sp³-hybridized carbons (Fsp3) is 0.200. The van der Waals surface area contributed by atoms with E-state index in [0.717, 1.165) is 11.3 Å². The van der Waals surface area contributed by atoms with Gasteiger partial charge in [-0.05, 0) is 43.2 Å². The maximum atomic E-state index is 6.04. The van der Waals surface area contributed by atoms with Gasteiger partial charge in [-0.2, -0.15) is 0 Å². The van der Waals surface area contributed by atoms with E-state index in [2.05, 4.69) is 51.1 Å². The highest BCUT2D eigenvalue weighted by Gasteiger charge is 2.04. The molecular formula is C15H17N. The number of anilines is 1. The van der Waals surface area contributed by atoms with Crippen LogP contribution in [0.2, 0.25) is 0 Å². The van der Waals surface area contributed by atoms with Gasteiger partial charge in [0.2, 0.25) is 0 Å². The first-order valence-corrected chi connectivity index (χ1v) is 5.52. The predicted molar refractivity (Wildman–Crippen MR) is 72.4 cm³/mol. The minimum Gasteiger partial charge on any atom is -0.398 e. The Morgan fingerprint density at radius 2 is 1.81 bits per heavy atom. The van der Waals surface area contributed by atoms with Crippen LogP contribution in [0.4, 0.5) is 5.69 Å². The third-order valence-corrected chi connectivity index (χ3v) is 2.79. The molecule has 0 aliphatic heterocycles. The number of nitrogen functional groups attached to an aromatic ring is 1. The smallest absolute Gasteiger partial charge is 0.0394 e. The Balaban J connectivity index is 2.85. The van der Waals surface area contributed by atoms with Gasteiger partial charge in [0, 0.05) is 11.3 Å². The van der Waals surface area contributed by atoms with Gasteiger partial charge in [0.15, 0.2) is 0 Å². The van der Waals surface area contributed by atoms with Gasteiger partial charge >= 0.3 is 0 Å². The van der Waals surface area contributed by atoms with Crippen molar-refractivity contribution >= 4 is 22.5 Å². The molecule has 2 aromatic carbocycles. The Hall–Kier alpha value is -1.76. The van der Waals surface area contributed by atoms with Crippen molar-refractivity contribution in [3.63, 3.8) is 0 Å². The lowest BCUT2D eigenvalue weighted by atomic mass is 9.98. The lowest BCUT2D eigenvalue weighted by molar-refractivity contribution is 1.42. The van der Waals surface area contributed by atoms with Crippen molar-refractivity contribution in [2.75, 3.05) is 5.73 Å². The molecule has 0 radical (unpaired) electrons. The molecule has 1 nitrogen and oxygen atoms in total. The van der Waals surface area contributed by atoms with Crippen LogP contribution in [0.15, 0.2) is 35.9 Å². The van der Waals surface area contributed by atoms with Crippen molar-refractivity contribution in [1.29, 1.82) is 0 Å². The highest BCUT2D eigenvalue weighted by Crippen LogP contribution is 2.28. The summed E-state index contributed by atoms with van der Waals surface area (Å²) in [4.78, 5) is 0. The average molecular weight is 211 g/mol. The van der Waals surface area contributed by atoms with Crippen molar-refractivity contribution in [3.8, 4) is 0 Å². The van der Waals surface area contributed by atoms with E-state index < -0.39 is 0 Å². The Bertz CT molecular complexity index is 561. The zero-order valence-corrected chi connectivity index (χ0v) is 10.0. The maximum absolute atomic E-state index is 6.04. The number of benzene rings is 2. The number of hydrogen-bond donors (Lipinski definition) is 1. The fourth-order valence-corrected chi connectivity index (χ4v) is 2.00. The molecule has 0 atom stereocenters. The molecule has 0 heterocycles. The summed E-state index contributed by atoms with van der Waals surface area (Å²) in [5.74, 6) is 0. The molecule has 0 saturated heterocycles. The van der Waals surface area contributed by atoms with Crippen LogP contribution in [0.5, 0.6) is 0 Å². The molecule has 0 fully saturated rings. The summed E-state index contributed by atoms with van der Waals surface area (Å²) in [5, 5.41) is 2.52. The second-order valence-corrected chi connectivity index (χ2v) is 4.46. The summed E-state index contributed by atoms with van der Waals surface area (Å²) in [7, 11) is 0. The molecule has 0 unspecified atom stereocenters. The molecule has 0 aromatic heterocycles. The topological polar surface area (TPSA) is 26.0 Å². The molecule has 0 bridgehead atoms. The van der Waals surface area contributed by atoms with Crippen molar-refractivity contribution in [2.45, 2.75) is 20.8 Å². The quantitative estimate of drug-likeness (QED) is 0.704. The van der Waals surface area contributed by atoms with Gasteiger partial charge in [0.1, 0.15) is 0 Å². The second kappa shape index (κ2) is 4.01. The molecule has 82 valence electrons. The third kappa shape index (κ3) is 1.81. The summed E-state index contributed by atoms with van der Waals surface area (Å²) in [5.41, 5.74) is 10.6. The van der Waals surface area contributed by atoms with Crippen LogP contribution in [-0.2, 0) is 0 Å². The number of hydrogen-bond acceptors (Lipinski definition) is 1. The molecular weight excluding hydrogens is 194 g/mol. The fourth-order valence-electron chi connectivity index (χ4n) is 2.00. The Morgan fingerprint density at radius 3 is 2.50 bits per heavy atom. The average Bonchev–Trinajstić information content (AvgIpc) is 2.22. The molecule has 2 rings (SSSR count). The van der Waals surface area contributed by atoms with Crippen molar-refractivity contribution in [3.05, 3.63) is 47.0 Å². The molecule has 2 aromatic rings. The summed E-state index contributed by atoms with van der Waals surface area (Å²) in [6.07, 6.45) is 2.15. The minimum atomic E-state index is 0.847. The highest BCUT2D eigenvalue weighted by atomic mass is 14.6. The first-order chi connectivity index (χ1) is 7.59. The second-order valence-electron chi connectivity index (χ2n) is 4.46. The molecule has 0 spiro atoms. The third-order valence-electron chi connectivity index (χ3n) is 2.79. The first-order valence-electron chi connectivity index (χ1n) is 5.52. The van der Waals surface area contributed by atoms with E-state index in [1.54, 1.807) is 0 Å². The van der Waals surface area contributed by atoms with E-state index >= 15 is 0 Å². The lowest BCUT2D eigenvalue weighted by Crippen LogP contribution is -1.92. The number of fused-ring (bicyclic) bond motifs is 1. The summed E-state index contributed by atoms with van der Waals surface area (Å²) >= 11 is 0. The van der Waals surface area contributed by atoms with Crippen molar-refractivity contribution in [1.82, 2.24) is 0 Å². The zero-order valence-electron chi connectivity index (χ0n) is 10.0. The summed E-state index contributed by atoms with van der Waals surface area (Å²) < 4.78 is 0. The number of aryl methyl sites for hydroxylation is 1. The molecule has 0 aliphatic carbocycles. The Labute approximate surface area is 96.6 Å². The van der Waals surface area contributed by atoms with Crippen LogP contribution in [0.3, 0.4) is 0 Å². The van der Waals surface area contributed by atoms with Crippen LogP contribution in [0, 0.1) is 6.92 Å². The standard InChI is InChI=1S/C15H17N/c1-10(2)9-14-13-6-4-5-11(3)12(13)7-8-15(14)16/h4-9H,16H2,1-3H3. The summed E-state index contributed by atoms with van der Waals surface area (Å²) in [6, 6.07) is 10.4. The Morgan fingerprint density at radius 1 is 1.06 bits per heavy atom. The van der Waals surface area contributed by atoms with Crippen molar-refractivity contribution in [2.24, 2.45) is 0 Å². The van der Waals surface area contributed by atoms with Gasteiger partial charge in [-0.15, -0.1) is 0 Å². The molecule has 1 heteroatoms. The minimum absolute atomic E-state index is 0.847. The van der Waals surface area contributed by atoms with E-state index in [1.165, 1.54) is 21.9 Å². The number of rotatable bonds is 1. The van der Waals surface area contributed by atoms with Crippen molar-refractivity contribution < 1.29 is 0 Å². The molecule has 0 amide bonds. The highest BCUT2D eigenvalue weighted by molar-refractivity contribution is 5.97. The van der Waals surface area contributed by atoms with Gasteiger partial charge in [0.25, 0.3) is 0 Å². The SMILES string of the molecule is CC(C)=Cc1c(N)ccc2c(C)cccc12. The number of allylic oxidation sites excluding steroid dienone is 1. The summed E-state index contributed by atoms with van der Waals surface area (Å²) in [6.45, 7) is 6.31. The van der Waals surface area contributed by atoms with Gasteiger partial charge in [-0.1, -0.05) is 35.9 Å². The van der Waals surface area contributed by atoms with Crippen LogP contribution < -0.4 is 5.73 Å². The largest absolute Gasteiger partial charge is 0.398 e. The van der Waals surface area contributed by atoms with Crippen LogP contribution >= 0.6 is 0 Å². The van der Waals surface area contributed by atoms with Gasteiger partial charge in [0.05, 0.1) is 0 Å². The van der Waals surface area contributed by atoms with Gasteiger partial charge < -0.3 is 5.73 Å². The number of nitrogens with two attached hydrogens (primary N) is 1. The van der Waals surface area contributed by atoms with Gasteiger partial charge in [-0.25, -0.2) is 0 Å². The maximum Gasteiger partial charge on any atom is 0.0394 e. The van der Waals surface area contributed by atoms with E-state index in [1.807, 2.05) is 6.07 Å². The van der Waals surface area contributed by atoms with Gasteiger partial charge in [-0.3, -0.25) is 0 Å². The van der Waals surface area contributed by atoms with E-state index in [0.29, 0.717) is 0 Å². The first kappa shape index (κ1) is 10.7. The van der Waals surface area contributed by atoms with Crippen LogP contribution in [0.25, 0.3) is 16.8 Å². The van der Waals surface area contributed by atoms with Crippen LogP contribution in [0.1, 0.15) is 25.0 Å². The Kier molecular flexibility index (Phi) is 2.69. The lowest BCUT2D eigenvalue weighted by Gasteiger charge is -2.09. The van der Waals surface area contributed by atoms with Crippen LogP contribution in [-0.4, -0.2) is 0 Å². The predicted octanol–water partition coefficient (Wildman–Crippen LogP) is 4.15. The molecule has 2 N–H and O–H groups in total. The van der Waals surface area contributed by atoms with E-state index in [9.17, 15) is 0 Å². The van der Waals surface area contributed by atoms with E-state index in [-0.39, 0.29) is 0 Å². The van der Waals surface area contributed by atoms with E-state index in [4.69, 9.17) is 5.73 Å². The monoisotopic (exact) mass is 211 g/mol. The zero-order chi connectivity index (χ0) is 11.7. The normalized spacial score (nSPS) is 10.4. The molecule has 0 aliphatic rings.